The van der Waals surface area contributed by atoms with Crippen molar-refractivity contribution in [2.45, 2.75) is 44.6 Å². The van der Waals surface area contributed by atoms with Crippen LogP contribution in [0.3, 0.4) is 0 Å². The molecule has 2 fully saturated rings. The third kappa shape index (κ3) is 4.82. The monoisotopic (exact) mass is 343 g/mol. The van der Waals surface area contributed by atoms with Crippen LogP contribution in [0, 0.1) is 5.92 Å². The van der Waals surface area contributed by atoms with Crippen molar-refractivity contribution in [3.8, 4) is 0 Å². The number of likely N-dealkylation sites (tertiary alicyclic amines) is 2. The molecule has 1 aromatic carbocycles. The Balaban J connectivity index is 1.40. The Morgan fingerprint density at radius 2 is 1.88 bits per heavy atom. The molecule has 136 valence electrons. The third-order valence-electron chi connectivity index (χ3n) is 5.52. The molecule has 0 unspecified atom stereocenters. The second kappa shape index (κ2) is 8.48. The highest BCUT2D eigenvalue weighted by molar-refractivity contribution is 5.82. The third-order valence-corrected chi connectivity index (χ3v) is 5.52. The molecule has 0 aromatic heterocycles. The lowest BCUT2D eigenvalue weighted by Gasteiger charge is -2.34. The van der Waals surface area contributed by atoms with Crippen molar-refractivity contribution in [3.05, 3.63) is 35.9 Å². The van der Waals surface area contributed by atoms with Gasteiger partial charge in [-0.3, -0.25) is 9.59 Å². The van der Waals surface area contributed by atoms with Crippen LogP contribution in [-0.2, 0) is 16.0 Å². The van der Waals surface area contributed by atoms with Crippen LogP contribution in [0.1, 0.15) is 37.7 Å². The Hall–Kier alpha value is -1.88. The average molecular weight is 343 g/mol. The van der Waals surface area contributed by atoms with Gasteiger partial charge in [-0.15, -0.1) is 0 Å². The molecule has 2 amide bonds. The van der Waals surface area contributed by atoms with E-state index in [9.17, 15) is 9.59 Å². The van der Waals surface area contributed by atoms with Crippen LogP contribution in [0.5, 0.6) is 0 Å². The quantitative estimate of drug-likeness (QED) is 0.856. The van der Waals surface area contributed by atoms with Gasteiger partial charge < -0.3 is 15.5 Å². The SMILES string of the molecule is N[C@H](Cc1ccccc1)C(=O)N1CCC(CCN2CCCC2=O)CC1. The zero-order valence-corrected chi connectivity index (χ0v) is 14.9. The highest BCUT2D eigenvalue weighted by atomic mass is 16.2. The van der Waals surface area contributed by atoms with E-state index in [0.29, 0.717) is 24.7 Å². The Kier molecular flexibility index (Phi) is 6.08. The summed E-state index contributed by atoms with van der Waals surface area (Å²) in [7, 11) is 0. The molecule has 5 heteroatoms. The molecule has 25 heavy (non-hydrogen) atoms. The molecular formula is C20H29N3O2. The van der Waals surface area contributed by atoms with Crippen molar-refractivity contribution in [2.75, 3.05) is 26.2 Å². The van der Waals surface area contributed by atoms with Crippen molar-refractivity contribution in [1.29, 1.82) is 0 Å². The lowest BCUT2D eigenvalue weighted by molar-refractivity contribution is -0.134. The van der Waals surface area contributed by atoms with Gasteiger partial charge in [-0.1, -0.05) is 30.3 Å². The van der Waals surface area contributed by atoms with Crippen molar-refractivity contribution in [2.24, 2.45) is 11.7 Å². The lowest BCUT2D eigenvalue weighted by Crippen LogP contribution is -2.48. The zero-order chi connectivity index (χ0) is 17.6. The first-order valence-corrected chi connectivity index (χ1v) is 9.49. The fourth-order valence-electron chi connectivity index (χ4n) is 3.91. The van der Waals surface area contributed by atoms with Gasteiger partial charge in [0.05, 0.1) is 6.04 Å². The number of amides is 2. The summed E-state index contributed by atoms with van der Waals surface area (Å²) in [6.07, 6.45) is 5.41. The first-order chi connectivity index (χ1) is 12.1. The van der Waals surface area contributed by atoms with Gasteiger partial charge in [-0.25, -0.2) is 0 Å². The van der Waals surface area contributed by atoms with Crippen LogP contribution in [0.15, 0.2) is 30.3 Å². The van der Waals surface area contributed by atoms with Crippen molar-refractivity contribution < 1.29 is 9.59 Å². The highest BCUT2D eigenvalue weighted by Crippen LogP contribution is 2.22. The Bertz CT molecular complexity index is 582. The number of carbonyl (C=O) groups excluding carboxylic acids is 2. The lowest BCUT2D eigenvalue weighted by atomic mass is 9.92. The second-order valence-corrected chi connectivity index (χ2v) is 7.34. The van der Waals surface area contributed by atoms with Gasteiger partial charge in [0.25, 0.3) is 0 Å². The summed E-state index contributed by atoms with van der Waals surface area (Å²) >= 11 is 0. The maximum atomic E-state index is 12.6. The van der Waals surface area contributed by atoms with Crippen molar-refractivity contribution >= 4 is 11.8 Å². The van der Waals surface area contributed by atoms with Crippen LogP contribution < -0.4 is 5.73 Å². The zero-order valence-electron chi connectivity index (χ0n) is 14.9. The smallest absolute Gasteiger partial charge is 0.239 e. The Morgan fingerprint density at radius 1 is 1.16 bits per heavy atom. The van der Waals surface area contributed by atoms with Gasteiger partial charge >= 0.3 is 0 Å². The summed E-state index contributed by atoms with van der Waals surface area (Å²) in [4.78, 5) is 28.2. The molecule has 3 rings (SSSR count). The molecule has 0 aliphatic carbocycles. The maximum Gasteiger partial charge on any atom is 0.239 e. The summed E-state index contributed by atoms with van der Waals surface area (Å²) < 4.78 is 0. The molecular weight excluding hydrogens is 314 g/mol. The van der Waals surface area contributed by atoms with E-state index in [1.54, 1.807) is 0 Å². The fourth-order valence-corrected chi connectivity index (χ4v) is 3.91. The molecule has 0 radical (unpaired) electrons. The summed E-state index contributed by atoms with van der Waals surface area (Å²) in [5.41, 5.74) is 7.24. The standard InChI is InChI=1S/C20H29N3O2/c21-18(15-17-5-2-1-3-6-17)20(25)23-13-9-16(10-14-23)8-12-22-11-4-7-19(22)24/h1-3,5-6,16,18H,4,7-15,21H2/t18-/m1/s1. The predicted octanol–water partition coefficient (Wildman–Crippen LogP) is 1.81. The van der Waals surface area contributed by atoms with Crippen molar-refractivity contribution in [1.82, 2.24) is 9.80 Å². The van der Waals surface area contributed by atoms with E-state index in [4.69, 9.17) is 5.73 Å². The molecule has 1 aromatic rings. The first kappa shape index (κ1) is 17.9. The average Bonchev–Trinajstić information content (AvgIpc) is 3.05. The summed E-state index contributed by atoms with van der Waals surface area (Å²) in [5, 5.41) is 0. The Morgan fingerprint density at radius 3 is 2.52 bits per heavy atom. The largest absolute Gasteiger partial charge is 0.343 e. The van der Waals surface area contributed by atoms with Gasteiger partial charge in [0.2, 0.25) is 11.8 Å². The van der Waals surface area contributed by atoms with Crippen LogP contribution >= 0.6 is 0 Å². The number of piperidine rings is 1. The molecule has 5 nitrogen and oxygen atoms in total. The molecule has 0 saturated carbocycles. The minimum Gasteiger partial charge on any atom is -0.343 e. The molecule has 2 heterocycles. The number of hydrogen-bond acceptors (Lipinski definition) is 3. The van der Waals surface area contributed by atoms with Gasteiger partial charge in [-0.2, -0.15) is 0 Å². The molecule has 2 N–H and O–H groups in total. The molecule has 2 saturated heterocycles. The minimum atomic E-state index is -0.457. The predicted molar refractivity (Wildman–Crippen MR) is 97.9 cm³/mol. The topological polar surface area (TPSA) is 66.6 Å². The Labute approximate surface area is 150 Å². The summed E-state index contributed by atoms with van der Waals surface area (Å²) in [5.74, 6) is 0.985. The number of carbonyl (C=O) groups is 2. The van der Waals surface area contributed by atoms with E-state index in [2.05, 4.69) is 0 Å². The van der Waals surface area contributed by atoms with E-state index >= 15 is 0 Å². The second-order valence-electron chi connectivity index (χ2n) is 7.34. The molecule has 0 spiro atoms. The van der Waals surface area contributed by atoms with Crippen LogP contribution in [0.2, 0.25) is 0 Å². The van der Waals surface area contributed by atoms with E-state index in [0.717, 1.165) is 57.4 Å². The van der Waals surface area contributed by atoms with E-state index in [1.165, 1.54) is 0 Å². The van der Waals surface area contributed by atoms with Gasteiger partial charge in [-0.05, 0) is 43.6 Å². The minimum absolute atomic E-state index is 0.0667. The highest BCUT2D eigenvalue weighted by Gasteiger charge is 2.27. The normalized spacial score (nSPS) is 20.1. The number of rotatable bonds is 6. The van der Waals surface area contributed by atoms with E-state index < -0.39 is 6.04 Å². The van der Waals surface area contributed by atoms with Crippen LogP contribution in [0.25, 0.3) is 0 Å². The van der Waals surface area contributed by atoms with Gasteiger partial charge in [0.15, 0.2) is 0 Å². The fraction of sp³-hybridized carbons (Fsp3) is 0.600. The van der Waals surface area contributed by atoms with E-state index in [1.807, 2.05) is 40.1 Å². The van der Waals surface area contributed by atoms with Gasteiger partial charge in [0.1, 0.15) is 0 Å². The number of nitrogens with zero attached hydrogens (tertiary/aromatic N) is 2. The number of nitrogens with two attached hydrogens (primary N) is 1. The molecule has 1 atom stereocenters. The van der Waals surface area contributed by atoms with Crippen molar-refractivity contribution in [3.63, 3.8) is 0 Å². The number of benzene rings is 1. The summed E-state index contributed by atoms with van der Waals surface area (Å²) in [6.45, 7) is 3.38. The van der Waals surface area contributed by atoms with Gasteiger partial charge in [0, 0.05) is 32.6 Å². The molecule has 2 aliphatic heterocycles. The van der Waals surface area contributed by atoms with Crippen LogP contribution in [0.4, 0.5) is 0 Å². The van der Waals surface area contributed by atoms with Crippen LogP contribution in [-0.4, -0.2) is 53.8 Å². The number of hydrogen-bond donors (Lipinski definition) is 1. The summed E-state index contributed by atoms with van der Waals surface area (Å²) in [6, 6.07) is 9.49. The van der Waals surface area contributed by atoms with E-state index in [-0.39, 0.29) is 5.91 Å². The molecule has 2 aliphatic rings. The first-order valence-electron chi connectivity index (χ1n) is 9.49. The maximum absolute atomic E-state index is 12.6. The molecule has 0 bridgehead atoms.